The Morgan fingerprint density at radius 3 is 2.21 bits per heavy atom. The maximum Gasteiger partial charge on any atom is 0.203 e. The van der Waals surface area contributed by atoms with Gasteiger partial charge in [0.1, 0.15) is 23.4 Å². The minimum Gasteiger partial charge on any atom is -0.508 e. The van der Waals surface area contributed by atoms with Gasteiger partial charge in [-0.2, -0.15) is 0 Å². The highest BCUT2D eigenvalue weighted by molar-refractivity contribution is 5.55. The van der Waals surface area contributed by atoms with E-state index >= 15 is 0 Å². The molecule has 2 N–H and O–H groups in total. The Hall–Kier alpha value is -2.76. The zero-order chi connectivity index (χ0) is 17.3. The molecule has 1 aliphatic heterocycles. The standard InChI is InChI=1S/C18H20O6/c1-21-16-6-10(7-17(22-2)18(16)23-3)14-5-4-12-13(20)8-11(19)9-15(12)24-14/h6-9,14,19-20H,4-5H2,1-3H3. The Morgan fingerprint density at radius 1 is 0.958 bits per heavy atom. The average molecular weight is 332 g/mol. The Balaban J connectivity index is 1.98. The van der Waals surface area contributed by atoms with Crippen molar-refractivity contribution in [3.05, 3.63) is 35.4 Å². The van der Waals surface area contributed by atoms with E-state index in [2.05, 4.69) is 0 Å². The lowest BCUT2D eigenvalue weighted by molar-refractivity contribution is 0.173. The van der Waals surface area contributed by atoms with Gasteiger partial charge < -0.3 is 29.2 Å². The molecule has 0 fully saturated rings. The van der Waals surface area contributed by atoms with E-state index in [-0.39, 0.29) is 17.6 Å². The molecule has 0 saturated carbocycles. The van der Waals surface area contributed by atoms with Gasteiger partial charge in [0.05, 0.1) is 21.3 Å². The number of phenolic OH excluding ortho intramolecular Hbond substituents is 2. The molecule has 0 bridgehead atoms. The van der Waals surface area contributed by atoms with Gasteiger partial charge >= 0.3 is 0 Å². The van der Waals surface area contributed by atoms with Crippen LogP contribution in [0.4, 0.5) is 0 Å². The van der Waals surface area contributed by atoms with E-state index in [1.54, 1.807) is 21.3 Å². The van der Waals surface area contributed by atoms with Crippen molar-refractivity contribution in [2.45, 2.75) is 18.9 Å². The molecule has 0 saturated heterocycles. The lowest BCUT2D eigenvalue weighted by Crippen LogP contribution is -2.15. The largest absolute Gasteiger partial charge is 0.508 e. The predicted octanol–water partition coefficient (Wildman–Crippen LogP) is 3.19. The number of fused-ring (bicyclic) bond motifs is 1. The van der Waals surface area contributed by atoms with Gasteiger partial charge in [0, 0.05) is 17.7 Å². The minimum atomic E-state index is -0.243. The van der Waals surface area contributed by atoms with Crippen LogP contribution < -0.4 is 18.9 Å². The van der Waals surface area contributed by atoms with Crippen molar-refractivity contribution in [1.82, 2.24) is 0 Å². The van der Waals surface area contributed by atoms with Crippen molar-refractivity contribution in [2.24, 2.45) is 0 Å². The molecule has 128 valence electrons. The van der Waals surface area contributed by atoms with Crippen LogP contribution in [0, 0.1) is 0 Å². The second kappa shape index (κ2) is 6.39. The topological polar surface area (TPSA) is 77.4 Å². The quantitative estimate of drug-likeness (QED) is 0.895. The summed E-state index contributed by atoms with van der Waals surface area (Å²) < 4.78 is 22.1. The summed E-state index contributed by atoms with van der Waals surface area (Å²) in [5.74, 6) is 2.14. The van der Waals surface area contributed by atoms with Crippen molar-refractivity contribution >= 4 is 0 Å². The number of methoxy groups -OCH3 is 3. The molecule has 6 heteroatoms. The smallest absolute Gasteiger partial charge is 0.203 e. The van der Waals surface area contributed by atoms with Crippen LogP contribution in [0.3, 0.4) is 0 Å². The predicted molar refractivity (Wildman–Crippen MR) is 87.6 cm³/mol. The van der Waals surface area contributed by atoms with E-state index in [0.717, 1.165) is 5.56 Å². The van der Waals surface area contributed by atoms with Crippen molar-refractivity contribution in [1.29, 1.82) is 0 Å². The number of rotatable bonds is 4. The van der Waals surface area contributed by atoms with Gasteiger partial charge in [0.2, 0.25) is 5.75 Å². The van der Waals surface area contributed by atoms with Crippen molar-refractivity contribution in [3.8, 4) is 34.5 Å². The summed E-state index contributed by atoms with van der Waals surface area (Å²) >= 11 is 0. The third-order valence-electron chi connectivity index (χ3n) is 4.15. The van der Waals surface area contributed by atoms with Crippen LogP contribution in [0.5, 0.6) is 34.5 Å². The third kappa shape index (κ3) is 2.75. The van der Waals surface area contributed by atoms with Crippen LogP contribution in [-0.2, 0) is 6.42 Å². The van der Waals surface area contributed by atoms with Crippen LogP contribution in [0.15, 0.2) is 24.3 Å². The maximum atomic E-state index is 9.93. The Bertz CT molecular complexity index is 730. The van der Waals surface area contributed by atoms with Crippen LogP contribution in [-0.4, -0.2) is 31.5 Å². The summed E-state index contributed by atoms with van der Waals surface area (Å²) in [5, 5.41) is 19.6. The van der Waals surface area contributed by atoms with E-state index in [9.17, 15) is 10.2 Å². The van der Waals surface area contributed by atoms with Crippen LogP contribution in [0.2, 0.25) is 0 Å². The van der Waals surface area contributed by atoms with Crippen LogP contribution in [0.1, 0.15) is 23.7 Å². The first kappa shape index (κ1) is 16.1. The molecule has 1 atom stereocenters. The van der Waals surface area contributed by atoms with Crippen LogP contribution in [0.25, 0.3) is 0 Å². The first-order chi connectivity index (χ1) is 11.6. The van der Waals surface area contributed by atoms with E-state index in [0.29, 0.717) is 41.4 Å². The first-order valence-corrected chi connectivity index (χ1v) is 7.58. The number of aromatic hydroxyl groups is 2. The molecule has 1 heterocycles. The molecule has 1 unspecified atom stereocenters. The second-order valence-electron chi connectivity index (χ2n) is 5.55. The van der Waals surface area contributed by atoms with Gasteiger partial charge in [-0.15, -0.1) is 0 Å². The maximum absolute atomic E-state index is 9.93. The molecule has 3 rings (SSSR count). The van der Waals surface area contributed by atoms with E-state index in [1.165, 1.54) is 12.1 Å². The number of hydrogen-bond donors (Lipinski definition) is 2. The fourth-order valence-electron chi connectivity index (χ4n) is 2.98. The van der Waals surface area contributed by atoms with Crippen molar-refractivity contribution in [3.63, 3.8) is 0 Å². The number of benzene rings is 2. The SMILES string of the molecule is COc1cc(C2CCc3c(O)cc(O)cc3O2)cc(OC)c1OC. The molecule has 2 aromatic rings. The van der Waals surface area contributed by atoms with Gasteiger partial charge in [0.25, 0.3) is 0 Å². The number of hydrogen-bond acceptors (Lipinski definition) is 6. The molecule has 2 aromatic carbocycles. The summed E-state index contributed by atoms with van der Waals surface area (Å²) in [4.78, 5) is 0. The molecule has 0 spiro atoms. The Labute approximate surface area is 140 Å². The molecule has 24 heavy (non-hydrogen) atoms. The average Bonchev–Trinajstić information content (AvgIpc) is 2.59. The molecule has 0 aromatic heterocycles. The summed E-state index contributed by atoms with van der Waals surface area (Å²) in [6.07, 6.45) is 1.08. The summed E-state index contributed by atoms with van der Waals surface area (Å²) in [7, 11) is 4.68. The van der Waals surface area contributed by atoms with Crippen molar-refractivity contribution < 1.29 is 29.2 Å². The fourth-order valence-corrected chi connectivity index (χ4v) is 2.98. The summed E-state index contributed by atoms with van der Waals surface area (Å²) in [6, 6.07) is 6.53. The molecule has 1 aliphatic rings. The van der Waals surface area contributed by atoms with E-state index < -0.39 is 0 Å². The number of phenols is 2. The third-order valence-corrected chi connectivity index (χ3v) is 4.15. The zero-order valence-electron chi connectivity index (χ0n) is 13.8. The molecule has 0 radical (unpaired) electrons. The summed E-state index contributed by atoms with van der Waals surface area (Å²) in [6.45, 7) is 0. The first-order valence-electron chi connectivity index (χ1n) is 7.58. The second-order valence-corrected chi connectivity index (χ2v) is 5.55. The lowest BCUT2D eigenvalue weighted by Gasteiger charge is -2.28. The Kier molecular flexibility index (Phi) is 4.29. The van der Waals surface area contributed by atoms with Gasteiger partial charge in [-0.05, 0) is 30.5 Å². The lowest BCUT2D eigenvalue weighted by atomic mass is 9.96. The highest BCUT2D eigenvalue weighted by Gasteiger charge is 2.26. The van der Waals surface area contributed by atoms with Gasteiger partial charge in [0.15, 0.2) is 11.5 Å². The normalized spacial score (nSPS) is 16.0. The monoisotopic (exact) mass is 332 g/mol. The number of ether oxygens (including phenoxy) is 4. The fraction of sp³-hybridized carbons (Fsp3) is 0.333. The van der Waals surface area contributed by atoms with E-state index in [4.69, 9.17) is 18.9 Å². The Morgan fingerprint density at radius 2 is 1.62 bits per heavy atom. The minimum absolute atomic E-state index is 0.0307. The highest BCUT2D eigenvalue weighted by atomic mass is 16.5. The summed E-state index contributed by atoms with van der Waals surface area (Å²) in [5.41, 5.74) is 1.58. The van der Waals surface area contributed by atoms with Crippen molar-refractivity contribution in [2.75, 3.05) is 21.3 Å². The highest BCUT2D eigenvalue weighted by Crippen LogP contribution is 2.45. The molecule has 0 aliphatic carbocycles. The molecule has 0 amide bonds. The van der Waals surface area contributed by atoms with E-state index in [1.807, 2.05) is 12.1 Å². The molecular formula is C18H20O6. The van der Waals surface area contributed by atoms with Gasteiger partial charge in [-0.3, -0.25) is 0 Å². The zero-order valence-corrected chi connectivity index (χ0v) is 13.8. The van der Waals surface area contributed by atoms with Crippen LogP contribution >= 0.6 is 0 Å². The van der Waals surface area contributed by atoms with Gasteiger partial charge in [-0.25, -0.2) is 0 Å². The van der Waals surface area contributed by atoms with Gasteiger partial charge in [-0.1, -0.05) is 0 Å². The molecule has 6 nitrogen and oxygen atoms in total. The molecular weight excluding hydrogens is 312 g/mol.